The summed E-state index contributed by atoms with van der Waals surface area (Å²) in [6.45, 7) is 1.51. The highest BCUT2D eigenvalue weighted by molar-refractivity contribution is 5.79. The predicted octanol–water partition coefficient (Wildman–Crippen LogP) is 8.59. The normalized spacial score (nSPS) is 12.1. The van der Waals surface area contributed by atoms with Crippen molar-refractivity contribution >= 4 is 24.2 Å². The van der Waals surface area contributed by atoms with Gasteiger partial charge in [0, 0.05) is 38.5 Å². The monoisotopic (exact) mass is 892 g/mol. The Hall–Kier alpha value is -7.55. The quantitative estimate of drug-likeness (QED) is 0.0388. The Bertz CT molecular complexity index is 2440. The Balaban J connectivity index is 0.902. The van der Waals surface area contributed by atoms with Crippen LogP contribution in [0.25, 0.3) is 22.3 Å². The third-order valence-corrected chi connectivity index (χ3v) is 11.7. The third kappa shape index (κ3) is 13.3. The molecule has 15 nitrogen and oxygen atoms in total. The van der Waals surface area contributed by atoms with Crippen LogP contribution in [0.1, 0.15) is 84.1 Å². The van der Waals surface area contributed by atoms with Gasteiger partial charge in [-0.25, -0.2) is 14.4 Å². The second-order valence-electron chi connectivity index (χ2n) is 16.2. The summed E-state index contributed by atoms with van der Waals surface area (Å²) < 4.78 is 11.0. The van der Waals surface area contributed by atoms with Gasteiger partial charge in [0.15, 0.2) is 5.82 Å². The fourth-order valence-electron chi connectivity index (χ4n) is 8.32. The lowest BCUT2D eigenvalue weighted by Crippen LogP contribution is -2.41. The second-order valence-corrected chi connectivity index (χ2v) is 16.2. The van der Waals surface area contributed by atoms with E-state index in [1.807, 2.05) is 66.7 Å². The number of H-pyrrole nitrogens is 1. The zero-order valence-corrected chi connectivity index (χ0v) is 36.9. The molecule has 7 rings (SSSR count). The molecule has 0 saturated carbocycles. The lowest BCUT2D eigenvalue weighted by atomic mass is 9.98. The van der Waals surface area contributed by atoms with Gasteiger partial charge < -0.3 is 35.4 Å². The van der Waals surface area contributed by atoms with Crippen LogP contribution in [-0.2, 0) is 33.7 Å². The molecule has 1 aromatic heterocycles. The first kappa shape index (κ1) is 46.4. The number of unbranched alkanes of at least 4 members (excludes halogenated alkanes) is 2. The van der Waals surface area contributed by atoms with Crippen LogP contribution >= 0.6 is 0 Å². The summed E-state index contributed by atoms with van der Waals surface area (Å²) in [7, 11) is 0. The molecule has 5 N–H and O–H groups in total. The number of carbonyl (C=O) groups excluding carboxylic acids is 3. The van der Waals surface area contributed by atoms with E-state index in [2.05, 4.69) is 97.2 Å². The summed E-state index contributed by atoms with van der Waals surface area (Å²) >= 11 is 0. The summed E-state index contributed by atoms with van der Waals surface area (Å²) in [5, 5.41) is 31.8. The van der Waals surface area contributed by atoms with E-state index in [1.54, 1.807) is 4.90 Å². The van der Waals surface area contributed by atoms with Gasteiger partial charge >= 0.3 is 18.3 Å². The number of aromatic nitrogens is 4. The van der Waals surface area contributed by atoms with Crippen molar-refractivity contribution in [3.8, 4) is 22.3 Å². The highest BCUT2D eigenvalue weighted by atomic mass is 16.6. The van der Waals surface area contributed by atoms with Gasteiger partial charge in [-0.15, -0.1) is 10.2 Å². The molecule has 1 aliphatic rings. The molecule has 0 saturated heterocycles. The van der Waals surface area contributed by atoms with Gasteiger partial charge in [0.05, 0.1) is 6.04 Å². The molecule has 0 aliphatic heterocycles. The Morgan fingerprint density at radius 2 is 1.23 bits per heavy atom. The SMILES string of the molecule is O=C(O)NCCCCC(c1nn[nH]n1)N(CCNC(=O)OCC1c2ccccc2-c2ccccc21)C(=O)CCc1ccc(-c2ccc(CCCCNC(=O)OCc3ccccc3)cc2)cc1. The molecule has 0 fully saturated rings. The van der Waals surface area contributed by atoms with Crippen LogP contribution in [0.15, 0.2) is 127 Å². The summed E-state index contributed by atoms with van der Waals surface area (Å²) in [5.41, 5.74) is 9.81. The molecular formula is C51H56N8O7. The minimum absolute atomic E-state index is 0.0874. The highest BCUT2D eigenvalue weighted by Gasteiger charge is 2.30. The van der Waals surface area contributed by atoms with Crippen LogP contribution in [0.4, 0.5) is 14.4 Å². The van der Waals surface area contributed by atoms with Crippen LogP contribution in [0.2, 0.25) is 0 Å². The van der Waals surface area contributed by atoms with Crippen molar-refractivity contribution in [3.05, 3.63) is 161 Å². The molecule has 1 atom stereocenters. The first-order valence-corrected chi connectivity index (χ1v) is 22.5. The van der Waals surface area contributed by atoms with Gasteiger partial charge in [-0.2, -0.15) is 5.21 Å². The molecule has 342 valence electrons. The van der Waals surface area contributed by atoms with Crippen molar-refractivity contribution in [2.45, 2.75) is 69.9 Å². The van der Waals surface area contributed by atoms with Gasteiger partial charge in [-0.05, 0) is 95.0 Å². The number of nitrogens with one attached hydrogen (secondary N) is 4. The number of carboxylic acid groups (broad SMARTS) is 1. The number of hydrogen-bond donors (Lipinski definition) is 5. The number of benzene rings is 5. The Labute approximate surface area is 384 Å². The Morgan fingerprint density at radius 3 is 1.88 bits per heavy atom. The van der Waals surface area contributed by atoms with Gasteiger partial charge in [0.1, 0.15) is 13.2 Å². The molecule has 1 unspecified atom stereocenters. The number of nitrogens with zero attached hydrogens (tertiary/aromatic N) is 4. The highest BCUT2D eigenvalue weighted by Crippen LogP contribution is 2.44. The number of rotatable bonds is 23. The van der Waals surface area contributed by atoms with E-state index in [1.165, 1.54) is 5.56 Å². The average molecular weight is 893 g/mol. The first-order chi connectivity index (χ1) is 32.3. The van der Waals surface area contributed by atoms with E-state index in [9.17, 15) is 19.2 Å². The van der Waals surface area contributed by atoms with E-state index in [-0.39, 0.29) is 51.1 Å². The number of alkyl carbamates (subject to hydrolysis) is 2. The lowest BCUT2D eigenvalue weighted by Gasteiger charge is -2.30. The summed E-state index contributed by atoms with van der Waals surface area (Å²) in [4.78, 5) is 52.0. The van der Waals surface area contributed by atoms with Crippen LogP contribution in [0.3, 0.4) is 0 Å². The fraction of sp³-hybridized carbons (Fsp3) is 0.314. The van der Waals surface area contributed by atoms with E-state index in [0.717, 1.165) is 63.8 Å². The minimum atomic E-state index is -1.10. The number of hydrogen-bond acceptors (Lipinski definition) is 9. The zero-order chi connectivity index (χ0) is 45.9. The largest absolute Gasteiger partial charge is 0.465 e. The molecule has 6 aromatic rings. The number of fused-ring (bicyclic) bond motifs is 3. The van der Waals surface area contributed by atoms with Gasteiger partial charge in [-0.1, -0.05) is 133 Å². The molecule has 0 spiro atoms. The molecular weight excluding hydrogens is 837 g/mol. The lowest BCUT2D eigenvalue weighted by molar-refractivity contribution is -0.134. The average Bonchev–Trinajstić information content (AvgIpc) is 4.00. The van der Waals surface area contributed by atoms with Crippen LogP contribution in [0, 0.1) is 0 Å². The van der Waals surface area contributed by atoms with E-state index < -0.39 is 24.3 Å². The van der Waals surface area contributed by atoms with Crippen molar-refractivity contribution in [2.75, 3.05) is 32.8 Å². The van der Waals surface area contributed by atoms with E-state index in [4.69, 9.17) is 14.6 Å². The van der Waals surface area contributed by atoms with Crippen LogP contribution in [-0.4, -0.2) is 87.6 Å². The first-order valence-electron chi connectivity index (χ1n) is 22.5. The predicted molar refractivity (Wildman–Crippen MR) is 249 cm³/mol. The third-order valence-electron chi connectivity index (χ3n) is 11.7. The smallest absolute Gasteiger partial charge is 0.407 e. The molecule has 0 bridgehead atoms. The molecule has 0 radical (unpaired) electrons. The maximum Gasteiger partial charge on any atom is 0.407 e. The Morgan fingerprint density at radius 1 is 0.636 bits per heavy atom. The molecule has 5 aromatic carbocycles. The molecule has 1 aliphatic carbocycles. The number of amides is 4. The number of aromatic amines is 1. The number of ether oxygens (including phenoxy) is 2. The van der Waals surface area contributed by atoms with Crippen LogP contribution < -0.4 is 16.0 Å². The van der Waals surface area contributed by atoms with Gasteiger partial charge in [0.25, 0.3) is 0 Å². The van der Waals surface area contributed by atoms with E-state index >= 15 is 0 Å². The molecule has 1 heterocycles. The van der Waals surface area contributed by atoms with Crippen molar-refractivity contribution < 1.29 is 33.8 Å². The van der Waals surface area contributed by atoms with Gasteiger partial charge in [0.2, 0.25) is 5.91 Å². The van der Waals surface area contributed by atoms with Crippen molar-refractivity contribution in [3.63, 3.8) is 0 Å². The molecule has 15 heteroatoms. The van der Waals surface area contributed by atoms with Gasteiger partial charge in [-0.3, -0.25) is 4.79 Å². The standard InChI is InChI=1S/C51H56N8O7/c60-47(29-24-37-22-27-40(28-23-37)39-25-20-36(21-26-39)12-8-10-31-53-50(63)65-34-38-13-2-1-3-14-38)59(46(48-55-57-58-56-48)19-9-11-30-52-49(61)62)33-32-54-51(64)66-35-45-43-17-6-4-15-41(43)42-16-5-7-18-44(42)45/h1-7,13-18,20-23,25-28,45-46,52H,8-12,19,24,29-35H2,(H,53,63)(H,54,64)(H,61,62)(H,55,56,57,58). The molecule has 4 amide bonds. The second kappa shape index (κ2) is 23.9. The number of tetrazole rings is 1. The summed E-state index contributed by atoms with van der Waals surface area (Å²) in [5.74, 6) is 0.0941. The van der Waals surface area contributed by atoms with Crippen molar-refractivity contribution in [1.29, 1.82) is 0 Å². The molecule has 66 heavy (non-hydrogen) atoms. The zero-order valence-electron chi connectivity index (χ0n) is 36.9. The Kier molecular flexibility index (Phi) is 16.8. The topological polar surface area (TPSA) is 201 Å². The minimum Gasteiger partial charge on any atom is -0.465 e. The number of carbonyl (C=O) groups is 4. The summed E-state index contributed by atoms with van der Waals surface area (Å²) in [6.07, 6.45) is 2.82. The summed E-state index contributed by atoms with van der Waals surface area (Å²) in [6, 6.07) is 42.0. The van der Waals surface area contributed by atoms with E-state index in [0.29, 0.717) is 38.1 Å². The number of aryl methyl sites for hydroxylation is 2. The van der Waals surface area contributed by atoms with Crippen molar-refractivity contribution in [1.82, 2.24) is 41.5 Å². The maximum atomic E-state index is 14.2. The fourth-order valence-corrected chi connectivity index (χ4v) is 8.32. The van der Waals surface area contributed by atoms with Crippen LogP contribution in [0.5, 0.6) is 0 Å². The maximum absolute atomic E-state index is 14.2. The van der Waals surface area contributed by atoms with Crippen molar-refractivity contribution in [2.24, 2.45) is 0 Å².